The number of aromatic nitrogens is 4. The van der Waals surface area contributed by atoms with Crippen molar-refractivity contribution in [2.75, 3.05) is 12.8 Å². The first kappa shape index (κ1) is 18.1. The topological polar surface area (TPSA) is 63.9 Å². The lowest BCUT2D eigenvalue weighted by Crippen LogP contribution is -2.27. The lowest BCUT2D eigenvalue weighted by Gasteiger charge is -2.15. The number of benzene rings is 1. The van der Waals surface area contributed by atoms with Gasteiger partial charge < -0.3 is 4.90 Å². The molecule has 1 aromatic carbocycles. The summed E-state index contributed by atoms with van der Waals surface area (Å²) < 4.78 is 2.75. The number of amides is 1. The molecule has 0 atom stereocenters. The van der Waals surface area contributed by atoms with Crippen molar-refractivity contribution in [2.24, 2.45) is 0 Å². The van der Waals surface area contributed by atoms with E-state index in [2.05, 4.69) is 31.5 Å². The van der Waals surface area contributed by atoms with E-state index in [4.69, 9.17) is 0 Å². The summed E-state index contributed by atoms with van der Waals surface area (Å²) in [6, 6.07) is 11.8. The van der Waals surface area contributed by atoms with Crippen molar-refractivity contribution in [3.63, 3.8) is 0 Å². The number of carbonyl (C=O) groups excluding carboxylic acids is 1. The van der Waals surface area contributed by atoms with Crippen LogP contribution in [0.1, 0.15) is 10.7 Å². The van der Waals surface area contributed by atoms with E-state index in [-0.39, 0.29) is 5.91 Å². The van der Waals surface area contributed by atoms with Gasteiger partial charge in [-0.15, -0.1) is 28.2 Å². The number of thioether (sulfide) groups is 1. The van der Waals surface area contributed by atoms with E-state index in [9.17, 15) is 4.79 Å². The number of hydrogen-bond acceptors (Lipinski definition) is 6. The molecule has 0 aliphatic heterocycles. The van der Waals surface area contributed by atoms with Crippen LogP contribution in [0.15, 0.2) is 46.3 Å². The minimum Gasteiger partial charge on any atom is -0.340 e. The predicted octanol–water partition coefficient (Wildman–Crippen LogP) is 3.38. The third-order valence-electron chi connectivity index (χ3n) is 3.43. The second kappa shape index (κ2) is 8.59. The Labute approximate surface area is 162 Å². The number of rotatable bonds is 7. The van der Waals surface area contributed by atoms with E-state index < -0.39 is 0 Å². The molecule has 0 saturated carbocycles. The molecule has 0 spiro atoms. The number of para-hydroxylation sites is 1. The molecule has 1 amide bonds. The highest BCUT2D eigenvalue weighted by Gasteiger charge is 2.13. The van der Waals surface area contributed by atoms with Crippen LogP contribution in [0, 0.1) is 0 Å². The van der Waals surface area contributed by atoms with Crippen LogP contribution in [0.3, 0.4) is 0 Å². The average molecular weight is 438 g/mol. The van der Waals surface area contributed by atoms with Crippen LogP contribution >= 0.6 is 39.0 Å². The Bertz CT molecular complexity index is 836. The smallest absolute Gasteiger partial charge is 0.232 e. The van der Waals surface area contributed by atoms with Crippen molar-refractivity contribution < 1.29 is 4.79 Å². The molecule has 0 fully saturated rings. The standard InChI is InChI=1S/C16H16BrN5OS2/c1-21(8-14-7-12(17)9-25-14)16(23)11-24-10-15-18-19-20-22(15)13-5-3-2-4-6-13/h2-7,9H,8,10-11H2,1H3. The molecule has 0 radical (unpaired) electrons. The molecule has 25 heavy (non-hydrogen) atoms. The fraction of sp³-hybridized carbons (Fsp3) is 0.250. The van der Waals surface area contributed by atoms with E-state index >= 15 is 0 Å². The zero-order chi connectivity index (χ0) is 17.6. The second-order valence-electron chi connectivity index (χ2n) is 5.32. The molecule has 2 aromatic heterocycles. The first-order chi connectivity index (χ1) is 12.1. The quantitative estimate of drug-likeness (QED) is 0.566. The summed E-state index contributed by atoms with van der Waals surface area (Å²) in [4.78, 5) is 15.2. The molecule has 0 aliphatic carbocycles. The first-order valence-electron chi connectivity index (χ1n) is 7.51. The molecule has 9 heteroatoms. The van der Waals surface area contributed by atoms with Gasteiger partial charge in [0.1, 0.15) is 0 Å². The highest BCUT2D eigenvalue weighted by atomic mass is 79.9. The van der Waals surface area contributed by atoms with Crippen LogP contribution in [0.4, 0.5) is 0 Å². The van der Waals surface area contributed by atoms with E-state index in [0.717, 1.165) is 20.9 Å². The van der Waals surface area contributed by atoms with Crippen LogP contribution in [0.5, 0.6) is 0 Å². The van der Waals surface area contributed by atoms with Gasteiger partial charge >= 0.3 is 0 Å². The van der Waals surface area contributed by atoms with Gasteiger partial charge in [0.2, 0.25) is 5.91 Å². The molecule has 0 saturated heterocycles. The average Bonchev–Trinajstić information content (AvgIpc) is 3.24. The van der Waals surface area contributed by atoms with Gasteiger partial charge in [0.25, 0.3) is 0 Å². The maximum Gasteiger partial charge on any atom is 0.232 e. The monoisotopic (exact) mass is 437 g/mol. The Kier molecular flexibility index (Phi) is 6.22. The van der Waals surface area contributed by atoms with Gasteiger partial charge in [0, 0.05) is 21.8 Å². The molecule has 3 rings (SSSR count). The van der Waals surface area contributed by atoms with Crippen LogP contribution in [-0.4, -0.2) is 43.8 Å². The summed E-state index contributed by atoms with van der Waals surface area (Å²) in [6.07, 6.45) is 0. The maximum absolute atomic E-state index is 12.3. The van der Waals surface area contributed by atoms with Crippen LogP contribution in [0.2, 0.25) is 0 Å². The van der Waals surface area contributed by atoms with Gasteiger partial charge in [-0.25, -0.2) is 0 Å². The molecule has 0 bridgehead atoms. The Morgan fingerprint density at radius 1 is 1.36 bits per heavy atom. The van der Waals surface area contributed by atoms with Crippen LogP contribution < -0.4 is 0 Å². The molecule has 3 aromatic rings. The lowest BCUT2D eigenvalue weighted by atomic mass is 10.3. The molecule has 0 unspecified atom stereocenters. The van der Waals surface area contributed by atoms with Gasteiger partial charge in [-0.1, -0.05) is 18.2 Å². The second-order valence-corrected chi connectivity index (χ2v) is 8.21. The van der Waals surface area contributed by atoms with E-state index in [0.29, 0.717) is 18.1 Å². The number of nitrogens with zero attached hydrogens (tertiary/aromatic N) is 5. The molecular formula is C16H16BrN5OS2. The number of carbonyl (C=O) groups is 1. The first-order valence-corrected chi connectivity index (χ1v) is 10.3. The summed E-state index contributed by atoms with van der Waals surface area (Å²) in [5, 5.41) is 13.8. The third kappa shape index (κ3) is 4.90. The zero-order valence-corrected chi connectivity index (χ0v) is 16.7. The van der Waals surface area contributed by atoms with Gasteiger partial charge in [-0.3, -0.25) is 4.79 Å². The van der Waals surface area contributed by atoms with Gasteiger partial charge in [0.15, 0.2) is 5.82 Å². The van der Waals surface area contributed by atoms with Crippen molar-refractivity contribution in [2.45, 2.75) is 12.3 Å². The normalized spacial score (nSPS) is 10.8. The van der Waals surface area contributed by atoms with Gasteiger partial charge in [-0.05, 0) is 44.6 Å². The van der Waals surface area contributed by atoms with Gasteiger partial charge in [0.05, 0.1) is 23.7 Å². The highest BCUT2D eigenvalue weighted by Crippen LogP contribution is 2.21. The minimum atomic E-state index is 0.0910. The summed E-state index contributed by atoms with van der Waals surface area (Å²) in [5.41, 5.74) is 0.912. The highest BCUT2D eigenvalue weighted by molar-refractivity contribution is 9.10. The summed E-state index contributed by atoms with van der Waals surface area (Å²) in [6.45, 7) is 0.622. The van der Waals surface area contributed by atoms with Crippen LogP contribution in [0.25, 0.3) is 5.69 Å². The zero-order valence-electron chi connectivity index (χ0n) is 13.5. The van der Waals surface area contributed by atoms with E-state index in [1.165, 1.54) is 11.8 Å². The molecule has 6 nitrogen and oxygen atoms in total. The Morgan fingerprint density at radius 2 is 2.16 bits per heavy atom. The summed E-state index contributed by atoms with van der Waals surface area (Å²) in [5.74, 6) is 1.79. The number of tetrazole rings is 1. The SMILES string of the molecule is CN(Cc1cc(Br)cs1)C(=O)CSCc1nnnn1-c1ccccc1. The number of thiophene rings is 1. The van der Waals surface area contributed by atoms with Crippen molar-refractivity contribution in [1.29, 1.82) is 0 Å². The summed E-state index contributed by atoms with van der Waals surface area (Å²) >= 11 is 6.58. The van der Waals surface area contributed by atoms with E-state index in [1.807, 2.05) is 48.8 Å². The molecular weight excluding hydrogens is 422 g/mol. The lowest BCUT2D eigenvalue weighted by molar-refractivity contribution is -0.127. The molecule has 0 N–H and O–H groups in total. The predicted molar refractivity (Wildman–Crippen MR) is 104 cm³/mol. The number of halogens is 1. The summed E-state index contributed by atoms with van der Waals surface area (Å²) in [7, 11) is 1.82. The van der Waals surface area contributed by atoms with Crippen molar-refractivity contribution in [1.82, 2.24) is 25.1 Å². The van der Waals surface area contributed by atoms with Crippen molar-refractivity contribution in [3.8, 4) is 5.69 Å². The Hall–Kier alpha value is -1.71. The van der Waals surface area contributed by atoms with Gasteiger partial charge in [-0.2, -0.15) is 4.68 Å². The van der Waals surface area contributed by atoms with Crippen LogP contribution in [-0.2, 0) is 17.1 Å². The Morgan fingerprint density at radius 3 is 2.88 bits per heavy atom. The molecule has 130 valence electrons. The minimum absolute atomic E-state index is 0.0910. The maximum atomic E-state index is 12.3. The third-order valence-corrected chi connectivity index (χ3v) is 6.03. The largest absolute Gasteiger partial charge is 0.340 e. The number of hydrogen-bond donors (Lipinski definition) is 0. The van der Waals surface area contributed by atoms with Crippen molar-refractivity contribution >= 4 is 44.9 Å². The van der Waals surface area contributed by atoms with Crippen molar-refractivity contribution in [3.05, 3.63) is 57.0 Å². The fourth-order valence-electron chi connectivity index (χ4n) is 2.16. The fourth-order valence-corrected chi connectivity index (χ4v) is 4.53. The molecule has 2 heterocycles. The molecule has 0 aliphatic rings. The Balaban J connectivity index is 1.51. The van der Waals surface area contributed by atoms with E-state index in [1.54, 1.807) is 20.9 Å².